The molecule has 0 unspecified atom stereocenters. The molecular formula is C11H16N2O. The fraction of sp³-hybridized carbons (Fsp3) is 0.364. The Kier molecular flexibility index (Phi) is 4.72. The van der Waals surface area contributed by atoms with Crippen LogP contribution in [-0.2, 0) is 11.3 Å². The summed E-state index contributed by atoms with van der Waals surface area (Å²) >= 11 is 0. The molecule has 3 nitrogen and oxygen atoms in total. The minimum absolute atomic E-state index is 0.362. The highest BCUT2D eigenvalue weighted by molar-refractivity contribution is 5.77. The van der Waals surface area contributed by atoms with Gasteiger partial charge in [0.05, 0.1) is 19.7 Å². The zero-order valence-electron chi connectivity index (χ0n) is 8.44. The van der Waals surface area contributed by atoms with E-state index in [1.54, 1.807) is 0 Å². The molecule has 1 aromatic carbocycles. The summed E-state index contributed by atoms with van der Waals surface area (Å²) in [5.41, 5.74) is 6.63. The highest BCUT2D eigenvalue weighted by atomic mass is 16.5. The Bertz CT molecular complexity index is 283. The molecule has 76 valence electrons. The average molecular weight is 192 g/mol. The summed E-state index contributed by atoms with van der Waals surface area (Å²) in [5.74, 6) is 0.622. The molecule has 0 aliphatic rings. The van der Waals surface area contributed by atoms with Crippen molar-refractivity contribution in [2.75, 3.05) is 13.2 Å². The normalized spacial score (nSPS) is 11.4. The first-order chi connectivity index (χ1) is 6.86. The number of hydrogen-bond acceptors (Lipinski definition) is 3. The Balaban J connectivity index is 2.52. The van der Waals surface area contributed by atoms with Crippen molar-refractivity contribution in [2.45, 2.75) is 13.5 Å². The summed E-state index contributed by atoms with van der Waals surface area (Å²) in [7, 11) is 0. The van der Waals surface area contributed by atoms with E-state index < -0.39 is 0 Å². The van der Waals surface area contributed by atoms with Crippen molar-refractivity contribution >= 4 is 5.90 Å². The number of benzene rings is 1. The quantitative estimate of drug-likeness (QED) is 0.581. The van der Waals surface area contributed by atoms with Gasteiger partial charge in [0.15, 0.2) is 5.90 Å². The van der Waals surface area contributed by atoms with E-state index in [9.17, 15) is 0 Å². The number of ether oxygens (including phenoxy) is 1. The van der Waals surface area contributed by atoms with Crippen molar-refractivity contribution in [3.05, 3.63) is 35.9 Å². The third kappa shape index (κ3) is 3.58. The maximum Gasteiger partial charge on any atom is 0.197 e. The van der Waals surface area contributed by atoms with Gasteiger partial charge in [-0.2, -0.15) is 0 Å². The van der Waals surface area contributed by atoms with Crippen LogP contribution in [0.5, 0.6) is 0 Å². The van der Waals surface area contributed by atoms with Gasteiger partial charge < -0.3 is 10.5 Å². The Morgan fingerprint density at radius 3 is 2.64 bits per heavy atom. The van der Waals surface area contributed by atoms with Crippen LogP contribution in [-0.4, -0.2) is 19.0 Å². The lowest BCUT2D eigenvalue weighted by molar-refractivity contribution is 0.320. The molecule has 3 heteroatoms. The molecule has 1 aromatic rings. The van der Waals surface area contributed by atoms with Gasteiger partial charge in [0, 0.05) is 0 Å². The molecule has 0 aliphatic carbocycles. The van der Waals surface area contributed by atoms with Crippen molar-refractivity contribution in [2.24, 2.45) is 10.7 Å². The molecule has 0 spiro atoms. The van der Waals surface area contributed by atoms with E-state index >= 15 is 0 Å². The average Bonchev–Trinajstić information content (AvgIpc) is 2.25. The van der Waals surface area contributed by atoms with Gasteiger partial charge in [-0.1, -0.05) is 30.3 Å². The van der Waals surface area contributed by atoms with Gasteiger partial charge in [0.25, 0.3) is 0 Å². The molecule has 0 fully saturated rings. The minimum atomic E-state index is 0.362. The number of rotatable bonds is 4. The molecule has 0 saturated heterocycles. The van der Waals surface area contributed by atoms with Crippen molar-refractivity contribution in [3.63, 3.8) is 0 Å². The molecule has 0 atom stereocenters. The molecule has 0 aliphatic heterocycles. The van der Waals surface area contributed by atoms with E-state index in [0.717, 1.165) is 5.56 Å². The van der Waals surface area contributed by atoms with E-state index in [1.165, 1.54) is 0 Å². The lowest BCUT2D eigenvalue weighted by Gasteiger charge is -2.04. The molecule has 0 heterocycles. The van der Waals surface area contributed by atoms with Gasteiger partial charge >= 0.3 is 0 Å². The van der Waals surface area contributed by atoms with Crippen LogP contribution >= 0.6 is 0 Å². The Labute approximate surface area is 84.6 Å². The summed E-state index contributed by atoms with van der Waals surface area (Å²) in [6.07, 6.45) is 0. The maximum absolute atomic E-state index is 5.47. The van der Waals surface area contributed by atoms with Crippen LogP contribution in [0.25, 0.3) is 0 Å². The molecule has 2 N–H and O–H groups in total. The first kappa shape index (κ1) is 10.7. The van der Waals surface area contributed by atoms with E-state index in [1.807, 2.05) is 37.3 Å². The predicted octanol–water partition coefficient (Wildman–Crippen LogP) is 1.58. The first-order valence-electron chi connectivity index (χ1n) is 4.77. The zero-order chi connectivity index (χ0) is 10.2. The molecule has 14 heavy (non-hydrogen) atoms. The minimum Gasteiger partial charge on any atom is -0.480 e. The second-order valence-corrected chi connectivity index (χ2v) is 2.83. The molecule has 0 radical (unpaired) electrons. The lowest BCUT2D eigenvalue weighted by atomic mass is 10.2. The van der Waals surface area contributed by atoms with Gasteiger partial charge in [-0.25, -0.2) is 4.99 Å². The summed E-state index contributed by atoms with van der Waals surface area (Å²) in [4.78, 5) is 4.27. The summed E-state index contributed by atoms with van der Waals surface area (Å²) < 4.78 is 5.24. The SMILES string of the molecule is CCOC(CN)=NCc1ccccc1. The first-order valence-corrected chi connectivity index (χ1v) is 4.77. The van der Waals surface area contributed by atoms with Crippen LogP contribution in [0.3, 0.4) is 0 Å². The predicted molar refractivity (Wildman–Crippen MR) is 58.3 cm³/mol. The third-order valence-corrected chi connectivity index (χ3v) is 1.77. The smallest absolute Gasteiger partial charge is 0.197 e. The lowest BCUT2D eigenvalue weighted by Crippen LogP contribution is -2.17. The Morgan fingerprint density at radius 2 is 2.07 bits per heavy atom. The van der Waals surface area contributed by atoms with Crippen LogP contribution < -0.4 is 5.73 Å². The number of nitrogens with two attached hydrogens (primary N) is 1. The highest BCUT2D eigenvalue weighted by Gasteiger charge is 1.95. The topological polar surface area (TPSA) is 47.6 Å². The zero-order valence-corrected chi connectivity index (χ0v) is 8.44. The van der Waals surface area contributed by atoms with Crippen LogP contribution in [0.2, 0.25) is 0 Å². The number of aliphatic imine (C=N–C) groups is 1. The Hall–Kier alpha value is -1.35. The van der Waals surface area contributed by atoms with Crippen LogP contribution in [0.15, 0.2) is 35.3 Å². The largest absolute Gasteiger partial charge is 0.480 e. The second-order valence-electron chi connectivity index (χ2n) is 2.83. The van der Waals surface area contributed by atoms with Gasteiger partial charge in [-0.3, -0.25) is 0 Å². The fourth-order valence-corrected chi connectivity index (χ4v) is 1.10. The van der Waals surface area contributed by atoms with Crippen molar-refractivity contribution in [3.8, 4) is 0 Å². The van der Waals surface area contributed by atoms with E-state index in [-0.39, 0.29) is 0 Å². The standard InChI is InChI=1S/C11H16N2O/c1-2-14-11(8-12)13-9-10-6-4-3-5-7-10/h3-7H,2,8-9,12H2,1H3. The van der Waals surface area contributed by atoms with Gasteiger partial charge in [0.1, 0.15) is 0 Å². The molecule has 1 rings (SSSR count). The second kappa shape index (κ2) is 6.16. The highest BCUT2D eigenvalue weighted by Crippen LogP contribution is 2.00. The van der Waals surface area contributed by atoms with Crippen LogP contribution in [0.4, 0.5) is 0 Å². The Morgan fingerprint density at radius 1 is 1.36 bits per heavy atom. The fourth-order valence-electron chi connectivity index (χ4n) is 1.10. The number of hydrogen-bond donors (Lipinski definition) is 1. The molecule has 0 aromatic heterocycles. The van der Waals surface area contributed by atoms with Gasteiger partial charge in [-0.15, -0.1) is 0 Å². The van der Waals surface area contributed by atoms with Crippen LogP contribution in [0.1, 0.15) is 12.5 Å². The molecular weight excluding hydrogens is 176 g/mol. The van der Waals surface area contributed by atoms with Crippen LogP contribution in [0, 0.1) is 0 Å². The van der Waals surface area contributed by atoms with Crippen molar-refractivity contribution < 1.29 is 4.74 Å². The molecule has 0 amide bonds. The van der Waals surface area contributed by atoms with E-state index in [0.29, 0.717) is 25.6 Å². The van der Waals surface area contributed by atoms with E-state index in [2.05, 4.69) is 4.99 Å². The van der Waals surface area contributed by atoms with Gasteiger partial charge in [0.2, 0.25) is 0 Å². The third-order valence-electron chi connectivity index (χ3n) is 1.77. The number of nitrogens with zero attached hydrogens (tertiary/aromatic N) is 1. The van der Waals surface area contributed by atoms with Crippen molar-refractivity contribution in [1.29, 1.82) is 0 Å². The summed E-state index contributed by atoms with van der Waals surface area (Å²) in [5, 5.41) is 0. The van der Waals surface area contributed by atoms with Crippen molar-refractivity contribution in [1.82, 2.24) is 0 Å². The summed E-state index contributed by atoms with van der Waals surface area (Å²) in [6.45, 7) is 3.53. The maximum atomic E-state index is 5.47. The van der Waals surface area contributed by atoms with E-state index in [4.69, 9.17) is 10.5 Å². The van der Waals surface area contributed by atoms with Gasteiger partial charge in [-0.05, 0) is 12.5 Å². The molecule has 0 saturated carbocycles. The summed E-state index contributed by atoms with van der Waals surface area (Å²) in [6, 6.07) is 10.0. The monoisotopic (exact) mass is 192 g/mol. The molecule has 0 bridgehead atoms.